The van der Waals surface area contributed by atoms with E-state index in [0.717, 1.165) is 15.8 Å². The van der Waals surface area contributed by atoms with Crippen LogP contribution in [-0.4, -0.2) is 45.7 Å². The third-order valence-corrected chi connectivity index (χ3v) is 8.28. The summed E-state index contributed by atoms with van der Waals surface area (Å²) in [5.41, 5.74) is 9.70. The van der Waals surface area contributed by atoms with E-state index in [-0.39, 0.29) is 12.0 Å². The van der Waals surface area contributed by atoms with Crippen LogP contribution in [0.2, 0.25) is 0 Å². The molecule has 36 heavy (non-hydrogen) atoms. The van der Waals surface area contributed by atoms with Gasteiger partial charge >= 0.3 is 6.03 Å². The van der Waals surface area contributed by atoms with Crippen LogP contribution in [0, 0.1) is 0 Å². The highest BCUT2D eigenvalue weighted by Crippen LogP contribution is 2.40. The minimum atomic E-state index is -3.66. The molecule has 13 heteroatoms. The first kappa shape index (κ1) is 25.3. The van der Waals surface area contributed by atoms with E-state index in [0.29, 0.717) is 34.1 Å². The van der Waals surface area contributed by atoms with Gasteiger partial charge in [0.05, 0.1) is 15.0 Å². The maximum atomic E-state index is 12.4. The molecule has 0 unspecified atom stereocenters. The van der Waals surface area contributed by atoms with Gasteiger partial charge in [-0.25, -0.2) is 33.1 Å². The number of hydrogen-bond donors (Lipinski definition) is 4. The van der Waals surface area contributed by atoms with E-state index in [1.807, 2.05) is 25.1 Å². The summed E-state index contributed by atoms with van der Waals surface area (Å²) in [6, 6.07) is 7.07. The zero-order valence-electron chi connectivity index (χ0n) is 20.2. The number of hydrogen-bond acceptors (Lipinski definition) is 9. The number of thiazole rings is 1. The fourth-order valence-corrected chi connectivity index (χ4v) is 4.82. The average molecular weight is 527 g/mol. The molecule has 188 valence electrons. The highest BCUT2D eigenvalue weighted by atomic mass is 32.2. The Morgan fingerprint density at radius 1 is 1.08 bits per heavy atom. The molecule has 0 atom stereocenters. The molecule has 5 N–H and O–H groups in total. The number of urea groups is 1. The van der Waals surface area contributed by atoms with Crippen molar-refractivity contribution in [2.75, 3.05) is 22.3 Å². The number of amides is 2. The lowest BCUT2D eigenvalue weighted by molar-refractivity contribution is 0.252. The third kappa shape index (κ3) is 5.21. The predicted molar refractivity (Wildman–Crippen MR) is 143 cm³/mol. The summed E-state index contributed by atoms with van der Waals surface area (Å²) in [5.74, 6) is 0.333. The SMILES string of the molecule is CCNC(=O)Nc1nc2cc(-c3cnc(NS(=O)(=O)C(C)(C)C)nc3)cc(-c3cccnc3N)c2s1. The van der Waals surface area contributed by atoms with E-state index in [1.165, 1.54) is 23.7 Å². The van der Waals surface area contributed by atoms with Crippen LogP contribution in [0.1, 0.15) is 27.7 Å². The maximum absolute atomic E-state index is 12.4. The number of benzene rings is 1. The molecule has 0 spiro atoms. The first-order chi connectivity index (χ1) is 17.0. The van der Waals surface area contributed by atoms with Gasteiger partial charge in [-0.2, -0.15) is 0 Å². The fraction of sp³-hybridized carbons (Fsp3) is 0.261. The van der Waals surface area contributed by atoms with Crippen molar-refractivity contribution in [2.24, 2.45) is 0 Å². The number of pyridine rings is 1. The van der Waals surface area contributed by atoms with Crippen molar-refractivity contribution in [3.05, 3.63) is 42.9 Å². The maximum Gasteiger partial charge on any atom is 0.321 e. The highest BCUT2D eigenvalue weighted by Gasteiger charge is 2.29. The molecule has 0 aliphatic heterocycles. The number of anilines is 3. The number of nitrogen functional groups attached to an aromatic ring is 1. The van der Waals surface area contributed by atoms with Crippen molar-refractivity contribution in [2.45, 2.75) is 32.4 Å². The number of sulfonamides is 1. The molecule has 0 radical (unpaired) electrons. The lowest BCUT2D eigenvalue weighted by Crippen LogP contribution is -2.34. The van der Waals surface area contributed by atoms with Gasteiger partial charge in [0.15, 0.2) is 5.13 Å². The average Bonchev–Trinajstić information content (AvgIpc) is 3.20. The van der Waals surface area contributed by atoms with Crippen LogP contribution in [0.3, 0.4) is 0 Å². The van der Waals surface area contributed by atoms with Crippen molar-refractivity contribution in [1.82, 2.24) is 25.3 Å². The van der Waals surface area contributed by atoms with Crippen molar-refractivity contribution in [3.8, 4) is 22.3 Å². The Morgan fingerprint density at radius 2 is 1.81 bits per heavy atom. The second-order valence-corrected chi connectivity index (χ2v) is 12.3. The molecule has 0 saturated heterocycles. The molecule has 2 amide bonds. The Hall–Kier alpha value is -3.84. The minimum absolute atomic E-state index is 0.0199. The van der Waals surface area contributed by atoms with Gasteiger partial charge < -0.3 is 11.1 Å². The summed E-state index contributed by atoms with van der Waals surface area (Å²) in [7, 11) is -3.66. The van der Waals surface area contributed by atoms with Gasteiger partial charge in [-0.15, -0.1) is 0 Å². The molecular formula is C23H26N8O3S2. The topological polar surface area (TPSA) is 165 Å². The minimum Gasteiger partial charge on any atom is -0.383 e. The Kier molecular flexibility index (Phi) is 6.78. The van der Waals surface area contributed by atoms with E-state index in [1.54, 1.807) is 33.0 Å². The van der Waals surface area contributed by atoms with Crippen LogP contribution in [-0.2, 0) is 10.0 Å². The Morgan fingerprint density at radius 3 is 2.44 bits per heavy atom. The normalized spacial score (nSPS) is 11.9. The van der Waals surface area contributed by atoms with E-state index in [4.69, 9.17) is 5.73 Å². The van der Waals surface area contributed by atoms with Gasteiger partial charge in [0.25, 0.3) is 0 Å². The van der Waals surface area contributed by atoms with Crippen molar-refractivity contribution < 1.29 is 13.2 Å². The fourth-order valence-electron chi connectivity index (χ4n) is 3.20. The Labute approximate surface area is 212 Å². The summed E-state index contributed by atoms with van der Waals surface area (Å²) in [6.45, 7) is 7.09. The number of nitrogens with two attached hydrogens (primary N) is 1. The van der Waals surface area contributed by atoms with Gasteiger partial charge in [0, 0.05) is 41.8 Å². The zero-order valence-corrected chi connectivity index (χ0v) is 21.8. The summed E-state index contributed by atoms with van der Waals surface area (Å²) >= 11 is 1.32. The molecule has 4 aromatic rings. The summed E-state index contributed by atoms with van der Waals surface area (Å²) in [4.78, 5) is 29.2. The smallest absolute Gasteiger partial charge is 0.321 e. The van der Waals surface area contributed by atoms with Crippen LogP contribution in [0.25, 0.3) is 32.5 Å². The number of carbonyl (C=O) groups excluding carboxylic acids is 1. The van der Waals surface area contributed by atoms with Gasteiger partial charge in [0.2, 0.25) is 16.0 Å². The lowest BCUT2D eigenvalue weighted by Gasteiger charge is -2.19. The third-order valence-electron chi connectivity index (χ3n) is 5.19. The predicted octanol–water partition coefficient (Wildman–Crippen LogP) is 4.08. The second kappa shape index (κ2) is 9.66. The first-order valence-corrected chi connectivity index (χ1v) is 13.3. The highest BCUT2D eigenvalue weighted by molar-refractivity contribution is 7.94. The van der Waals surface area contributed by atoms with Crippen LogP contribution in [0.4, 0.5) is 21.7 Å². The van der Waals surface area contributed by atoms with Crippen molar-refractivity contribution >= 4 is 54.5 Å². The molecule has 0 bridgehead atoms. The number of rotatable bonds is 6. The van der Waals surface area contributed by atoms with E-state index in [2.05, 4.69) is 35.3 Å². The number of nitrogens with one attached hydrogen (secondary N) is 3. The zero-order chi connectivity index (χ0) is 26.1. The number of nitrogens with zero attached hydrogens (tertiary/aromatic N) is 4. The molecule has 0 saturated carbocycles. The summed E-state index contributed by atoms with van der Waals surface area (Å²) < 4.78 is 27.1. The number of aromatic nitrogens is 4. The largest absolute Gasteiger partial charge is 0.383 e. The molecule has 3 heterocycles. The van der Waals surface area contributed by atoms with E-state index < -0.39 is 14.8 Å². The molecule has 1 aromatic carbocycles. The first-order valence-electron chi connectivity index (χ1n) is 11.0. The van der Waals surface area contributed by atoms with Crippen LogP contribution < -0.4 is 21.1 Å². The quantitative estimate of drug-likeness (QED) is 0.292. The van der Waals surface area contributed by atoms with Gasteiger partial charge in [0.1, 0.15) is 5.82 Å². The van der Waals surface area contributed by atoms with E-state index in [9.17, 15) is 13.2 Å². The summed E-state index contributed by atoms with van der Waals surface area (Å²) in [5, 5.41) is 5.86. The molecule has 4 rings (SSSR count). The lowest BCUT2D eigenvalue weighted by atomic mass is 10.00. The van der Waals surface area contributed by atoms with Crippen LogP contribution >= 0.6 is 11.3 Å². The van der Waals surface area contributed by atoms with Gasteiger partial charge in [-0.05, 0) is 57.5 Å². The van der Waals surface area contributed by atoms with Gasteiger partial charge in [-0.1, -0.05) is 11.3 Å². The second-order valence-electron chi connectivity index (χ2n) is 8.82. The number of carbonyl (C=O) groups is 1. The molecule has 11 nitrogen and oxygen atoms in total. The van der Waals surface area contributed by atoms with Crippen molar-refractivity contribution in [3.63, 3.8) is 0 Å². The monoisotopic (exact) mass is 526 g/mol. The Balaban J connectivity index is 1.78. The molecule has 3 aromatic heterocycles. The summed E-state index contributed by atoms with van der Waals surface area (Å²) in [6.07, 6.45) is 4.68. The van der Waals surface area contributed by atoms with Crippen LogP contribution in [0.5, 0.6) is 0 Å². The van der Waals surface area contributed by atoms with Crippen molar-refractivity contribution in [1.29, 1.82) is 0 Å². The molecule has 0 aliphatic rings. The molecule has 0 fully saturated rings. The van der Waals surface area contributed by atoms with Gasteiger partial charge in [-0.3, -0.25) is 10.0 Å². The number of fused-ring (bicyclic) bond motifs is 1. The standard InChI is InChI=1S/C23H26N8O3S2/c1-5-25-21(32)30-22-29-17-10-13(9-16(18(17)35-22)15-7-6-8-26-19(15)24)14-11-27-20(28-12-14)31-36(33,34)23(2,3)4/h6-12H,5H2,1-4H3,(H2,24,26)(H,27,28,31)(H2,25,29,30,32). The van der Waals surface area contributed by atoms with E-state index >= 15 is 0 Å². The Bertz CT molecular complexity index is 1530. The molecular weight excluding hydrogens is 500 g/mol. The molecule has 0 aliphatic carbocycles. The van der Waals surface area contributed by atoms with Crippen LogP contribution in [0.15, 0.2) is 42.9 Å².